The average molecular weight is 317 g/mol. The molecule has 6 heteroatoms. The molecule has 1 aromatic carbocycles. The van der Waals surface area contributed by atoms with Crippen molar-refractivity contribution in [1.29, 1.82) is 0 Å². The van der Waals surface area contributed by atoms with E-state index in [1.165, 1.54) is 0 Å². The fraction of sp³-hybridized carbons (Fsp3) is 0.312. The highest BCUT2D eigenvalue weighted by atomic mass is 35.5. The molecule has 0 saturated carbocycles. The number of halogens is 1. The van der Waals surface area contributed by atoms with E-state index in [0.29, 0.717) is 24.5 Å². The van der Waals surface area contributed by atoms with Crippen molar-refractivity contribution >= 4 is 23.3 Å². The van der Waals surface area contributed by atoms with Crippen LogP contribution in [0, 0.1) is 0 Å². The summed E-state index contributed by atoms with van der Waals surface area (Å²) in [5.74, 6) is 0.979. The van der Waals surface area contributed by atoms with Crippen LogP contribution in [0.2, 0.25) is 5.02 Å². The first-order chi connectivity index (χ1) is 10.7. The molecule has 1 aliphatic heterocycles. The van der Waals surface area contributed by atoms with Gasteiger partial charge in [0.25, 0.3) is 0 Å². The molecule has 1 fully saturated rings. The van der Waals surface area contributed by atoms with Crippen molar-refractivity contribution < 1.29 is 4.79 Å². The van der Waals surface area contributed by atoms with E-state index in [0.717, 1.165) is 24.5 Å². The first kappa shape index (κ1) is 14.8. The van der Waals surface area contributed by atoms with Gasteiger partial charge in [-0.15, -0.1) is 0 Å². The quantitative estimate of drug-likeness (QED) is 0.869. The Kier molecular flexibility index (Phi) is 4.53. The van der Waals surface area contributed by atoms with E-state index < -0.39 is 0 Å². The second kappa shape index (κ2) is 6.75. The maximum atomic E-state index is 12.4. The van der Waals surface area contributed by atoms with E-state index in [9.17, 15) is 4.79 Å². The van der Waals surface area contributed by atoms with E-state index in [1.54, 1.807) is 18.6 Å². The van der Waals surface area contributed by atoms with Crippen LogP contribution >= 0.6 is 11.6 Å². The predicted octanol–water partition coefficient (Wildman–Crippen LogP) is 2.02. The van der Waals surface area contributed by atoms with Gasteiger partial charge in [-0.3, -0.25) is 9.78 Å². The third-order valence-electron chi connectivity index (χ3n) is 3.81. The molecule has 0 radical (unpaired) electrons. The summed E-state index contributed by atoms with van der Waals surface area (Å²) in [7, 11) is 0. The molecule has 0 unspecified atom stereocenters. The molecule has 2 aromatic rings. The molecule has 3 rings (SSSR count). The van der Waals surface area contributed by atoms with Gasteiger partial charge in [0, 0.05) is 43.6 Å². The van der Waals surface area contributed by atoms with Crippen molar-refractivity contribution in [3.63, 3.8) is 0 Å². The lowest BCUT2D eigenvalue weighted by Gasteiger charge is -2.35. The summed E-state index contributed by atoms with van der Waals surface area (Å²) in [5.41, 5.74) is 0.880. The molecule has 22 heavy (non-hydrogen) atoms. The molecule has 0 N–H and O–H groups in total. The predicted molar refractivity (Wildman–Crippen MR) is 86.0 cm³/mol. The minimum absolute atomic E-state index is 0.117. The molecule has 0 bridgehead atoms. The standard InChI is InChI=1S/C16H17ClN4O/c17-14-4-2-1-3-13(14)11-16(22)21-9-7-20(8-10-21)15-12-18-5-6-19-15/h1-6,12H,7-11H2. The minimum atomic E-state index is 0.117. The third-order valence-corrected chi connectivity index (χ3v) is 4.17. The van der Waals surface area contributed by atoms with Crippen LogP contribution < -0.4 is 4.90 Å². The van der Waals surface area contributed by atoms with Crippen LogP contribution in [0.25, 0.3) is 0 Å². The summed E-state index contributed by atoms with van der Waals surface area (Å²) in [4.78, 5) is 24.8. The molecule has 114 valence electrons. The topological polar surface area (TPSA) is 49.3 Å². The lowest BCUT2D eigenvalue weighted by molar-refractivity contribution is -0.130. The van der Waals surface area contributed by atoms with Gasteiger partial charge in [0.1, 0.15) is 5.82 Å². The van der Waals surface area contributed by atoms with Crippen molar-refractivity contribution in [3.8, 4) is 0 Å². The molecule has 5 nitrogen and oxygen atoms in total. The van der Waals surface area contributed by atoms with Gasteiger partial charge in [0.2, 0.25) is 5.91 Å². The van der Waals surface area contributed by atoms with Gasteiger partial charge in [-0.2, -0.15) is 0 Å². The summed E-state index contributed by atoms with van der Waals surface area (Å²) in [6.07, 6.45) is 5.45. The number of carbonyl (C=O) groups excluding carboxylic acids is 1. The minimum Gasteiger partial charge on any atom is -0.352 e. The zero-order chi connectivity index (χ0) is 15.4. The van der Waals surface area contributed by atoms with Crippen LogP contribution in [0.15, 0.2) is 42.9 Å². The van der Waals surface area contributed by atoms with Crippen LogP contribution in [0.4, 0.5) is 5.82 Å². The van der Waals surface area contributed by atoms with E-state index in [4.69, 9.17) is 11.6 Å². The Labute approximate surface area is 134 Å². The van der Waals surface area contributed by atoms with Crippen LogP contribution in [0.5, 0.6) is 0 Å². The van der Waals surface area contributed by atoms with E-state index in [1.807, 2.05) is 29.2 Å². The van der Waals surface area contributed by atoms with Crippen LogP contribution in [0.1, 0.15) is 5.56 Å². The molecule has 2 heterocycles. The van der Waals surface area contributed by atoms with Crippen LogP contribution in [-0.2, 0) is 11.2 Å². The van der Waals surface area contributed by atoms with Gasteiger partial charge >= 0.3 is 0 Å². The fourth-order valence-corrected chi connectivity index (χ4v) is 2.76. The molecule has 1 saturated heterocycles. The number of piperazine rings is 1. The van der Waals surface area contributed by atoms with Crippen LogP contribution in [0.3, 0.4) is 0 Å². The SMILES string of the molecule is O=C(Cc1ccccc1Cl)N1CCN(c2cnccn2)CC1. The summed E-state index contributed by atoms with van der Waals surface area (Å²) < 4.78 is 0. The summed E-state index contributed by atoms with van der Waals surface area (Å²) in [5, 5.41) is 0.647. The van der Waals surface area contributed by atoms with E-state index >= 15 is 0 Å². The molecule has 1 amide bonds. The largest absolute Gasteiger partial charge is 0.352 e. The lowest BCUT2D eigenvalue weighted by atomic mass is 10.1. The number of carbonyl (C=O) groups is 1. The number of hydrogen-bond acceptors (Lipinski definition) is 4. The third kappa shape index (κ3) is 3.36. The number of amides is 1. The molecule has 0 atom stereocenters. The lowest BCUT2D eigenvalue weighted by Crippen LogP contribution is -2.49. The van der Waals surface area contributed by atoms with Crippen molar-refractivity contribution in [2.75, 3.05) is 31.1 Å². The number of hydrogen-bond donors (Lipinski definition) is 0. The monoisotopic (exact) mass is 316 g/mol. The first-order valence-electron chi connectivity index (χ1n) is 7.26. The van der Waals surface area contributed by atoms with Gasteiger partial charge < -0.3 is 9.80 Å². The molecule has 1 aliphatic rings. The number of rotatable bonds is 3. The van der Waals surface area contributed by atoms with Gasteiger partial charge in [-0.05, 0) is 11.6 Å². The number of benzene rings is 1. The summed E-state index contributed by atoms with van der Waals surface area (Å²) >= 11 is 6.12. The van der Waals surface area contributed by atoms with Crippen LogP contribution in [-0.4, -0.2) is 47.0 Å². The van der Waals surface area contributed by atoms with Crippen molar-refractivity contribution in [2.45, 2.75) is 6.42 Å². The Morgan fingerprint density at radius 2 is 1.91 bits per heavy atom. The highest BCUT2D eigenvalue weighted by Gasteiger charge is 2.22. The smallest absolute Gasteiger partial charge is 0.227 e. The Bertz CT molecular complexity index is 642. The molecule has 0 aliphatic carbocycles. The van der Waals surface area contributed by atoms with Gasteiger partial charge in [-0.1, -0.05) is 29.8 Å². The average Bonchev–Trinajstić information content (AvgIpc) is 2.58. The second-order valence-corrected chi connectivity index (χ2v) is 5.61. The first-order valence-corrected chi connectivity index (χ1v) is 7.64. The van der Waals surface area contributed by atoms with Crippen molar-refractivity contribution in [1.82, 2.24) is 14.9 Å². The van der Waals surface area contributed by atoms with Gasteiger partial charge in [-0.25, -0.2) is 4.98 Å². The van der Waals surface area contributed by atoms with Crippen molar-refractivity contribution in [3.05, 3.63) is 53.4 Å². The molecular weight excluding hydrogens is 300 g/mol. The fourth-order valence-electron chi connectivity index (χ4n) is 2.56. The Hall–Kier alpha value is -2.14. The summed E-state index contributed by atoms with van der Waals surface area (Å²) in [6.45, 7) is 2.93. The highest BCUT2D eigenvalue weighted by Crippen LogP contribution is 2.17. The normalized spacial score (nSPS) is 15.0. The van der Waals surface area contributed by atoms with E-state index in [-0.39, 0.29) is 5.91 Å². The second-order valence-electron chi connectivity index (χ2n) is 5.20. The number of aromatic nitrogens is 2. The number of nitrogens with zero attached hydrogens (tertiary/aromatic N) is 4. The molecule has 0 spiro atoms. The Morgan fingerprint density at radius 3 is 2.59 bits per heavy atom. The zero-order valence-corrected chi connectivity index (χ0v) is 12.9. The van der Waals surface area contributed by atoms with Crippen molar-refractivity contribution in [2.24, 2.45) is 0 Å². The van der Waals surface area contributed by atoms with Gasteiger partial charge in [0.15, 0.2) is 0 Å². The zero-order valence-electron chi connectivity index (χ0n) is 12.2. The summed E-state index contributed by atoms with van der Waals surface area (Å²) in [6, 6.07) is 7.49. The number of anilines is 1. The maximum Gasteiger partial charge on any atom is 0.227 e. The van der Waals surface area contributed by atoms with E-state index in [2.05, 4.69) is 14.9 Å². The molecular formula is C16H17ClN4O. The maximum absolute atomic E-state index is 12.4. The highest BCUT2D eigenvalue weighted by molar-refractivity contribution is 6.31. The Morgan fingerprint density at radius 1 is 1.14 bits per heavy atom. The Balaban J connectivity index is 1.57. The molecule has 1 aromatic heterocycles. The van der Waals surface area contributed by atoms with Gasteiger partial charge in [0.05, 0.1) is 12.6 Å².